The molecule has 1 heterocycles. The van der Waals surface area contributed by atoms with Gasteiger partial charge in [0.15, 0.2) is 17.3 Å². The first-order valence-corrected chi connectivity index (χ1v) is 8.64. The molecule has 2 aromatic carbocycles. The fourth-order valence-corrected chi connectivity index (χ4v) is 3.04. The fraction of sp³-hybridized carbons (Fsp3) is 0.286. The molecule has 0 aliphatic carbocycles. The Balaban J connectivity index is 1.83. The highest BCUT2D eigenvalue weighted by Gasteiger charge is 2.21. The van der Waals surface area contributed by atoms with Crippen LogP contribution in [0.2, 0.25) is 0 Å². The van der Waals surface area contributed by atoms with Crippen molar-refractivity contribution in [1.82, 2.24) is 0 Å². The molecule has 7 heteroatoms. The van der Waals surface area contributed by atoms with Gasteiger partial charge >= 0.3 is 6.61 Å². The molecule has 3 rings (SSSR count). The predicted molar refractivity (Wildman–Crippen MR) is 99.8 cm³/mol. The van der Waals surface area contributed by atoms with Crippen LogP contribution < -0.4 is 18.9 Å². The summed E-state index contributed by atoms with van der Waals surface area (Å²) in [6, 6.07) is 7.77. The van der Waals surface area contributed by atoms with Gasteiger partial charge in [-0.15, -0.1) is 0 Å². The molecule has 0 radical (unpaired) electrons. The van der Waals surface area contributed by atoms with Gasteiger partial charge in [-0.05, 0) is 49.4 Å². The molecule has 1 aliphatic heterocycles. The Kier molecular flexibility index (Phi) is 5.82. The minimum absolute atomic E-state index is 0.0528. The van der Waals surface area contributed by atoms with Crippen LogP contribution in [-0.2, 0) is 6.42 Å². The number of hydrogen-bond acceptors (Lipinski definition) is 5. The third-order valence-electron chi connectivity index (χ3n) is 4.33. The monoisotopic (exact) mass is 390 g/mol. The molecule has 5 nitrogen and oxygen atoms in total. The first-order chi connectivity index (χ1) is 13.4. The van der Waals surface area contributed by atoms with Crippen molar-refractivity contribution in [3.8, 4) is 23.0 Å². The van der Waals surface area contributed by atoms with Crippen LogP contribution in [0.1, 0.15) is 28.4 Å². The zero-order chi connectivity index (χ0) is 20.3. The Morgan fingerprint density at radius 2 is 1.89 bits per heavy atom. The Hall–Kier alpha value is -3.09. The second-order valence-electron chi connectivity index (χ2n) is 6.28. The van der Waals surface area contributed by atoms with Crippen molar-refractivity contribution in [1.29, 1.82) is 0 Å². The average molecular weight is 390 g/mol. The quantitative estimate of drug-likeness (QED) is 0.514. The van der Waals surface area contributed by atoms with Crippen molar-refractivity contribution in [2.45, 2.75) is 26.1 Å². The minimum Gasteiger partial charge on any atom is -0.496 e. The van der Waals surface area contributed by atoms with Gasteiger partial charge in [0, 0.05) is 23.1 Å². The summed E-state index contributed by atoms with van der Waals surface area (Å²) in [6.07, 6.45) is 3.91. The van der Waals surface area contributed by atoms with E-state index in [1.807, 2.05) is 19.1 Å². The van der Waals surface area contributed by atoms with Crippen molar-refractivity contribution >= 4 is 11.9 Å². The van der Waals surface area contributed by atoms with Crippen LogP contribution in [0, 0.1) is 0 Å². The number of benzene rings is 2. The van der Waals surface area contributed by atoms with Crippen LogP contribution in [0.3, 0.4) is 0 Å². The SMILES string of the molecule is COc1cc2c(cc1/C=C/C(=O)c1ccc(OC(F)F)c(OC)c1)OC(C)C2. The van der Waals surface area contributed by atoms with E-state index in [2.05, 4.69) is 4.74 Å². The van der Waals surface area contributed by atoms with Gasteiger partial charge < -0.3 is 18.9 Å². The number of ketones is 1. The summed E-state index contributed by atoms with van der Waals surface area (Å²) in [6.45, 7) is -0.993. The van der Waals surface area contributed by atoms with Crippen LogP contribution in [0.15, 0.2) is 36.4 Å². The molecule has 1 atom stereocenters. The van der Waals surface area contributed by atoms with E-state index in [1.54, 1.807) is 13.2 Å². The summed E-state index contributed by atoms with van der Waals surface area (Å²) in [5.74, 6) is 1.01. The average Bonchev–Trinajstić information content (AvgIpc) is 3.03. The van der Waals surface area contributed by atoms with E-state index < -0.39 is 6.61 Å². The van der Waals surface area contributed by atoms with Crippen molar-refractivity contribution < 1.29 is 32.5 Å². The number of carbonyl (C=O) groups excluding carboxylic acids is 1. The molecule has 28 heavy (non-hydrogen) atoms. The summed E-state index contributed by atoms with van der Waals surface area (Å²) < 4.78 is 45.4. The summed E-state index contributed by atoms with van der Waals surface area (Å²) in [4.78, 5) is 12.5. The maximum absolute atomic E-state index is 12.5. The van der Waals surface area contributed by atoms with E-state index in [0.717, 1.165) is 17.7 Å². The van der Waals surface area contributed by atoms with E-state index in [0.29, 0.717) is 11.3 Å². The van der Waals surface area contributed by atoms with Crippen LogP contribution in [0.25, 0.3) is 6.08 Å². The molecule has 1 unspecified atom stereocenters. The van der Waals surface area contributed by atoms with Gasteiger partial charge in [0.2, 0.25) is 0 Å². The highest BCUT2D eigenvalue weighted by Crippen LogP contribution is 2.36. The Morgan fingerprint density at radius 3 is 2.57 bits per heavy atom. The largest absolute Gasteiger partial charge is 0.496 e. The molecule has 0 saturated carbocycles. The van der Waals surface area contributed by atoms with Crippen molar-refractivity contribution in [2.24, 2.45) is 0 Å². The van der Waals surface area contributed by atoms with Crippen molar-refractivity contribution in [3.05, 3.63) is 53.1 Å². The lowest BCUT2D eigenvalue weighted by molar-refractivity contribution is -0.0512. The van der Waals surface area contributed by atoms with Gasteiger partial charge in [0.1, 0.15) is 17.6 Å². The maximum atomic E-state index is 12.5. The van der Waals surface area contributed by atoms with E-state index in [9.17, 15) is 13.6 Å². The Labute approximate surface area is 161 Å². The molecule has 0 N–H and O–H groups in total. The highest BCUT2D eigenvalue weighted by molar-refractivity contribution is 6.07. The minimum atomic E-state index is -2.98. The van der Waals surface area contributed by atoms with Crippen LogP contribution in [0.4, 0.5) is 8.78 Å². The maximum Gasteiger partial charge on any atom is 0.387 e. The molecule has 2 aromatic rings. The van der Waals surface area contributed by atoms with Gasteiger partial charge in [-0.1, -0.05) is 0 Å². The number of fused-ring (bicyclic) bond motifs is 1. The third-order valence-corrected chi connectivity index (χ3v) is 4.33. The summed E-state index contributed by atoms with van der Waals surface area (Å²) in [5.41, 5.74) is 2.04. The second kappa shape index (κ2) is 8.29. The summed E-state index contributed by atoms with van der Waals surface area (Å²) in [7, 11) is 2.88. The molecular formula is C21H20F2O5. The van der Waals surface area contributed by atoms with Crippen LogP contribution in [-0.4, -0.2) is 32.7 Å². The molecular weight excluding hydrogens is 370 g/mol. The molecule has 0 bridgehead atoms. The lowest BCUT2D eigenvalue weighted by atomic mass is 10.0. The molecule has 148 valence electrons. The Morgan fingerprint density at radius 1 is 1.14 bits per heavy atom. The summed E-state index contributed by atoms with van der Waals surface area (Å²) in [5, 5.41) is 0. The van der Waals surface area contributed by atoms with Crippen molar-refractivity contribution in [3.63, 3.8) is 0 Å². The first kappa shape index (κ1) is 19.7. The van der Waals surface area contributed by atoms with Gasteiger partial charge in [-0.2, -0.15) is 8.78 Å². The lowest BCUT2D eigenvalue weighted by Gasteiger charge is -2.10. The number of carbonyl (C=O) groups is 1. The summed E-state index contributed by atoms with van der Waals surface area (Å²) >= 11 is 0. The number of alkyl halides is 2. The van der Waals surface area contributed by atoms with Gasteiger partial charge in [-0.25, -0.2) is 0 Å². The normalized spacial score (nSPS) is 15.4. The number of halogens is 2. The number of methoxy groups -OCH3 is 2. The van der Waals surface area contributed by atoms with Gasteiger partial charge in [0.25, 0.3) is 0 Å². The number of rotatable bonds is 7. The smallest absolute Gasteiger partial charge is 0.387 e. The number of allylic oxidation sites excluding steroid dienone is 1. The topological polar surface area (TPSA) is 54.0 Å². The third kappa shape index (κ3) is 4.24. The molecule has 1 aliphatic rings. The second-order valence-corrected chi connectivity index (χ2v) is 6.28. The zero-order valence-electron chi connectivity index (χ0n) is 15.7. The molecule has 0 amide bonds. The molecule has 0 fully saturated rings. The molecule has 0 saturated heterocycles. The van der Waals surface area contributed by atoms with Gasteiger partial charge in [-0.3, -0.25) is 4.79 Å². The predicted octanol–water partition coefficient (Wildman–Crippen LogP) is 4.52. The number of hydrogen-bond donors (Lipinski definition) is 0. The molecule has 0 spiro atoms. The lowest BCUT2D eigenvalue weighted by Crippen LogP contribution is -2.05. The van der Waals surface area contributed by atoms with E-state index in [1.165, 1.54) is 31.4 Å². The first-order valence-electron chi connectivity index (χ1n) is 8.64. The zero-order valence-corrected chi connectivity index (χ0v) is 15.7. The van der Waals surface area contributed by atoms with E-state index >= 15 is 0 Å². The van der Waals surface area contributed by atoms with E-state index in [-0.39, 0.29) is 28.9 Å². The van der Waals surface area contributed by atoms with E-state index in [4.69, 9.17) is 14.2 Å². The van der Waals surface area contributed by atoms with Crippen LogP contribution in [0.5, 0.6) is 23.0 Å². The van der Waals surface area contributed by atoms with Crippen LogP contribution >= 0.6 is 0 Å². The Bertz CT molecular complexity index is 908. The van der Waals surface area contributed by atoms with Gasteiger partial charge in [0.05, 0.1) is 14.2 Å². The fourth-order valence-electron chi connectivity index (χ4n) is 3.04. The number of ether oxygens (including phenoxy) is 4. The standard InChI is InChI=1S/C21H20F2O5/c1-12-8-15-11-18(25-2)14(10-19(15)27-12)4-6-16(24)13-5-7-17(28-21(22)23)20(9-13)26-3/h4-7,9-12,21H,8H2,1-3H3/b6-4+. The van der Waals surface area contributed by atoms with Crippen molar-refractivity contribution in [2.75, 3.05) is 14.2 Å². The molecule has 0 aromatic heterocycles. The highest BCUT2D eigenvalue weighted by atomic mass is 19.3.